The Balaban J connectivity index is 0.00000576. The van der Waals surface area contributed by atoms with Gasteiger partial charge >= 0.3 is 0 Å². The first-order valence-corrected chi connectivity index (χ1v) is 15.5. The van der Waals surface area contributed by atoms with Crippen molar-refractivity contribution in [2.24, 2.45) is 0 Å². The maximum Gasteiger partial charge on any atom is 0.251 e. The molecule has 0 radical (unpaired) electrons. The fourth-order valence-corrected chi connectivity index (χ4v) is 5.26. The van der Waals surface area contributed by atoms with Gasteiger partial charge in [0.25, 0.3) is 5.91 Å². The monoisotopic (exact) mass is 751 g/mol. The average Bonchev–Trinajstić information content (AvgIpc) is 3.34. The molecular weight excluding hydrogens is 721 g/mol. The molecule has 244 valence electrons. The molecule has 2 N–H and O–H groups in total. The SMILES string of the molecule is COCCCNC(=O)c1ccc(C=CC(=O)NCC(=O)N(C)c2ccc(Cl)c(COc3cccn4c(Br)c(C)nc34)c2Cl)cc1.Cl. The molecule has 0 fully saturated rings. The Bertz CT molecular complexity index is 1730. The first-order chi connectivity index (χ1) is 21.6. The van der Waals surface area contributed by atoms with E-state index in [1.54, 1.807) is 62.7 Å². The van der Waals surface area contributed by atoms with Crippen molar-refractivity contribution in [3.63, 3.8) is 0 Å². The number of ether oxygens (including phenoxy) is 2. The number of imidazole rings is 1. The molecule has 14 heteroatoms. The molecule has 0 spiro atoms. The van der Waals surface area contributed by atoms with E-state index in [0.29, 0.717) is 46.4 Å². The van der Waals surface area contributed by atoms with Crippen LogP contribution in [0.1, 0.15) is 33.6 Å². The lowest BCUT2D eigenvalue weighted by molar-refractivity contribution is -0.122. The van der Waals surface area contributed by atoms with Gasteiger partial charge in [0.1, 0.15) is 11.2 Å². The highest BCUT2D eigenvalue weighted by Gasteiger charge is 2.20. The zero-order valence-corrected chi connectivity index (χ0v) is 29.2. The smallest absolute Gasteiger partial charge is 0.251 e. The summed E-state index contributed by atoms with van der Waals surface area (Å²) in [6.07, 6.45) is 5.50. The number of aryl methyl sites for hydroxylation is 1. The maximum atomic E-state index is 12.9. The molecule has 0 atom stereocenters. The van der Waals surface area contributed by atoms with Gasteiger partial charge in [0, 0.05) is 55.7 Å². The van der Waals surface area contributed by atoms with Crippen molar-refractivity contribution in [3.8, 4) is 5.75 Å². The number of hydrogen-bond donors (Lipinski definition) is 2. The minimum atomic E-state index is -0.456. The van der Waals surface area contributed by atoms with Gasteiger partial charge in [0.15, 0.2) is 11.4 Å². The number of rotatable bonds is 13. The molecule has 2 heterocycles. The Kier molecular flexibility index (Phi) is 13.9. The van der Waals surface area contributed by atoms with Gasteiger partial charge < -0.3 is 25.0 Å². The van der Waals surface area contributed by atoms with E-state index in [1.165, 1.54) is 11.0 Å². The third-order valence-corrected chi connectivity index (χ3v) is 8.54. The molecule has 0 aliphatic rings. The lowest BCUT2D eigenvalue weighted by atomic mass is 10.1. The quantitative estimate of drug-likeness (QED) is 0.123. The van der Waals surface area contributed by atoms with Crippen LogP contribution in [0.2, 0.25) is 10.0 Å². The molecule has 0 bridgehead atoms. The number of carbonyl (C=O) groups excluding carboxylic acids is 3. The van der Waals surface area contributed by atoms with Crippen LogP contribution in [0.25, 0.3) is 11.7 Å². The largest absolute Gasteiger partial charge is 0.485 e. The number of carbonyl (C=O) groups is 3. The Morgan fingerprint density at radius 3 is 2.54 bits per heavy atom. The second-order valence-electron chi connectivity index (χ2n) is 9.93. The lowest BCUT2D eigenvalue weighted by Gasteiger charge is -2.21. The molecule has 0 aliphatic carbocycles. The van der Waals surface area contributed by atoms with Crippen LogP contribution >= 0.6 is 51.5 Å². The van der Waals surface area contributed by atoms with Gasteiger partial charge in [-0.25, -0.2) is 4.98 Å². The van der Waals surface area contributed by atoms with Crippen LogP contribution in [-0.4, -0.2) is 61.0 Å². The van der Waals surface area contributed by atoms with Gasteiger partial charge in [-0.15, -0.1) is 12.4 Å². The normalized spacial score (nSPS) is 10.9. The molecule has 4 aromatic rings. The molecule has 0 aliphatic heterocycles. The molecule has 4 rings (SSSR count). The number of nitrogens with zero attached hydrogens (tertiary/aromatic N) is 3. The third kappa shape index (κ3) is 9.23. The lowest BCUT2D eigenvalue weighted by Crippen LogP contribution is -2.37. The number of benzene rings is 2. The zero-order valence-electron chi connectivity index (χ0n) is 25.3. The summed E-state index contributed by atoms with van der Waals surface area (Å²) >= 11 is 16.7. The number of likely N-dealkylation sites (N-methyl/N-ethyl adjacent to an activating group) is 1. The van der Waals surface area contributed by atoms with Crippen LogP contribution in [0, 0.1) is 6.92 Å². The van der Waals surface area contributed by atoms with Crippen LogP contribution in [0.4, 0.5) is 5.69 Å². The standard InChI is InChI=1S/C32H32BrCl2N5O5.ClH/c1-20-30(33)40-16-4-6-26(31(40)38-20)45-19-23-24(34)12-13-25(29(23)35)39(2)28(42)18-37-27(41)14-9-21-7-10-22(11-8-21)32(43)36-15-5-17-44-3;/h4,6-14,16H,5,15,17-19H2,1-3H3,(H,36,43)(H,37,41);1H. The van der Waals surface area contributed by atoms with E-state index in [4.69, 9.17) is 32.7 Å². The number of methoxy groups -OCH3 is 1. The summed E-state index contributed by atoms with van der Waals surface area (Å²) in [5, 5.41) is 6.04. The van der Waals surface area contributed by atoms with Crippen molar-refractivity contribution in [2.75, 3.05) is 38.8 Å². The molecule has 2 aromatic heterocycles. The summed E-state index contributed by atoms with van der Waals surface area (Å²) in [6.45, 7) is 2.76. The summed E-state index contributed by atoms with van der Waals surface area (Å²) in [4.78, 5) is 43.5. The minimum absolute atomic E-state index is 0. The van der Waals surface area contributed by atoms with Gasteiger partial charge in [-0.3, -0.25) is 18.8 Å². The van der Waals surface area contributed by atoms with E-state index in [2.05, 4.69) is 31.5 Å². The van der Waals surface area contributed by atoms with Crippen molar-refractivity contribution in [1.29, 1.82) is 0 Å². The zero-order chi connectivity index (χ0) is 32.5. The minimum Gasteiger partial charge on any atom is -0.485 e. The summed E-state index contributed by atoms with van der Waals surface area (Å²) in [5.41, 5.74) is 3.60. The topological polar surface area (TPSA) is 114 Å². The number of amides is 3. The van der Waals surface area contributed by atoms with Crippen molar-refractivity contribution in [2.45, 2.75) is 20.0 Å². The number of aromatic nitrogens is 2. The van der Waals surface area contributed by atoms with Crippen molar-refractivity contribution in [3.05, 3.63) is 97.8 Å². The Hall–Kier alpha value is -3.61. The van der Waals surface area contributed by atoms with E-state index in [-0.39, 0.29) is 36.5 Å². The second kappa shape index (κ2) is 17.3. The molecule has 10 nitrogen and oxygen atoms in total. The fraction of sp³-hybridized carbons (Fsp3) is 0.250. The molecule has 0 saturated carbocycles. The highest BCUT2D eigenvalue weighted by atomic mass is 79.9. The number of anilines is 1. The van der Waals surface area contributed by atoms with Crippen molar-refractivity contribution < 1.29 is 23.9 Å². The first-order valence-electron chi connectivity index (χ1n) is 13.9. The fourth-order valence-electron chi connectivity index (χ4n) is 4.28. The van der Waals surface area contributed by atoms with Crippen LogP contribution < -0.4 is 20.3 Å². The van der Waals surface area contributed by atoms with Gasteiger partial charge in [0.2, 0.25) is 11.8 Å². The predicted octanol–water partition coefficient (Wildman–Crippen LogP) is 6.27. The third-order valence-electron chi connectivity index (χ3n) is 6.81. The first kappa shape index (κ1) is 36.9. The Morgan fingerprint density at radius 1 is 1.09 bits per heavy atom. The van der Waals surface area contributed by atoms with E-state index >= 15 is 0 Å². The van der Waals surface area contributed by atoms with E-state index in [0.717, 1.165) is 22.3 Å². The summed E-state index contributed by atoms with van der Waals surface area (Å²) in [6, 6.07) is 13.7. The van der Waals surface area contributed by atoms with E-state index < -0.39 is 11.8 Å². The molecule has 2 aromatic carbocycles. The number of nitrogens with one attached hydrogen (secondary N) is 2. The molecule has 46 heavy (non-hydrogen) atoms. The number of fused-ring (bicyclic) bond motifs is 1. The van der Waals surface area contributed by atoms with Crippen LogP contribution in [0.15, 0.2) is 65.4 Å². The summed E-state index contributed by atoms with van der Waals surface area (Å²) in [7, 11) is 3.17. The predicted molar refractivity (Wildman–Crippen MR) is 186 cm³/mol. The van der Waals surface area contributed by atoms with Gasteiger partial charge in [-0.2, -0.15) is 0 Å². The molecule has 3 amide bonds. The Labute approximate surface area is 291 Å². The Morgan fingerprint density at radius 2 is 1.83 bits per heavy atom. The van der Waals surface area contributed by atoms with Crippen molar-refractivity contribution in [1.82, 2.24) is 20.0 Å². The number of pyridine rings is 1. The molecule has 0 unspecified atom stereocenters. The number of halogens is 4. The highest BCUT2D eigenvalue weighted by Crippen LogP contribution is 2.35. The van der Waals surface area contributed by atoms with Crippen molar-refractivity contribution >= 4 is 86.7 Å². The molecule has 0 saturated heterocycles. The summed E-state index contributed by atoms with van der Waals surface area (Å²) < 4.78 is 13.7. The van der Waals surface area contributed by atoms with Crippen LogP contribution in [-0.2, 0) is 20.9 Å². The van der Waals surface area contributed by atoms with Gasteiger partial charge in [0.05, 0.1) is 22.9 Å². The van der Waals surface area contributed by atoms with Gasteiger partial charge in [-0.1, -0.05) is 35.3 Å². The number of hydrogen-bond acceptors (Lipinski definition) is 6. The maximum absolute atomic E-state index is 12.9. The van der Waals surface area contributed by atoms with E-state index in [9.17, 15) is 14.4 Å². The van der Waals surface area contributed by atoms with E-state index in [1.807, 2.05) is 23.6 Å². The second-order valence-corrected chi connectivity index (χ2v) is 11.5. The van der Waals surface area contributed by atoms with Crippen LogP contribution in [0.3, 0.4) is 0 Å². The average molecular weight is 754 g/mol. The highest BCUT2D eigenvalue weighted by molar-refractivity contribution is 9.10. The van der Waals surface area contributed by atoms with Crippen LogP contribution in [0.5, 0.6) is 5.75 Å². The molecular formula is C32H33BrCl3N5O5. The summed E-state index contributed by atoms with van der Waals surface area (Å²) in [5.74, 6) is -0.490. The van der Waals surface area contributed by atoms with Gasteiger partial charge in [-0.05, 0) is 77.3 Å².